The summed E-state index contributed by atoms with van der Waals surface area (Å²) in [5.41, 5.74) is 0.295. The Labute approximate surface area is 104 Å². The van der Waals surface area contributed by atoms with Crippen LogP contribution in [0.25, 0.3) is 0 Å². The Morgan fingerprint density at radius 3 is 2.65 bits per heavy atom. The van der Waals surface area contributed by atoms with Crippen molar-refractivity contribution < 1.29 is 19.7 Å². The average molecular weight is 260 g/mol. The lowest BCUT2D eigenvalue weighted by Gasteiger charge is -2.14. The summed E-state index contributed by atoms with van der Waals surface area (Å²) < 4.78 is 5.03. The topological polar surface area (TPSA) is 78.8 Å². The Morgan fingerprint density at radius 1 is 1.47 bits per heavy atom. The Hall–Kier alpha value is -1.30. The predicted octanol–water partition coefficient (Wildman–Crippen LogP) is 0.432. The van der Waals surface area contributed by atoms with Crippen LogP contribution >= 0.6 is 11.6 Å². The summed E-state index contributed by atoms with van der Waals surface area (Å²) in [6.45, 7) is -0.670. The Kier molecular flexibility index (Phi) is 5.21. The maximum atomic E-state index is 11.8. The van der Waals surface area contributed by atoms with Gasteiger partial charge in [-0.2, -0.15) is 0 Å². The summed E-state index contributed by atoms with van der Waals surface area (Å²) in [6, 6.07) is 3.90. The van der Waals surface area contributed by atoms with E-state index in [-0.39, 0.29) is 13.2 Å². The predicted molar refractivity (Wildman–Crippen MR) is 63.4 cm³/mol. The summed E-state index contributed by atoms with van der Waals surface area (Å²) in [7, 11) is 1.43. The van der Waals surface area contributed by atoms with E-state index in [1.54, 1.807) is 6.07 Å². The van der Waals surface area contributed by atoms with Gasteiger partial charge in [0, 0.05) is 5.02 Å². The zero-order valence-electron chi connectivity index (χ0n) is 9.31. The van der Waals surface area contributed by atoms with Crippen molar-refractivity contribution in [1.29, 1.82) is 0 Å². The number of aliphatic hydroxyl groups excluding tert-OH is 2. The zero-order chi connectivity index (χ0) is 12.8. The number of carbonyl (C=O) groups excluding carboxylic acids is 1. The van der Waals surface area contributed by atoms with Crippen LogP contribution in [-0.2, 0) is 0 Å². The number of benzene rings is 1. The molecule has 0 aromatic heterocycles. The largest absolute Gasteiger partial charge is 0.496 e. The van der Waals surface area contributed by atoms with Crippen LogP contribution in [0, 0.1) is 0 Å². The number of amides is 1. The molecule has 6 heteroatoms. The van der Waals surface area contributed by atoms with Gasteiger partial charge in [0.15, 0.2) is 0 Å². The van der Waals surface area contributed by atoms with Gasteiger partial charge in [-0.25, -0.2) is 0 Å². The summed E-state index contributed by atoms with van der Waals surface area (Å²) in [4.78, 5) is 11.8. The van der Waals surface area contributed by atoms with Crippen molar-refractivity contribution in [2.45, 2.75) is 6.04 Å². The van der Waals surface area contributed by atoms with Crippen LogP contribution < -0.4 is 10.1 Å². The number of rotatable bonds is 5. The molecule has 0 aliphatic rings. The summed E-state index contributed by atoms with van der Waals surface area (Å²) >= 11 is 5.77. The van der Waals surface area contributed by atoms with Gasteiger partial charge < -0.3 is 20.3 Å². The molecule has 1 aromatic rings. The van der Waals surface area contributed by atoms with E-state index in [2.05, 4.69) is 5.32 Å². The molecule has 0 spiro atoms. The standard InChI is InChI=1S/C11H14ClNO4/c1-17-10-4-7(12)2-3-9(10)11(16)13-8(5-14)6-15/h2-4,8,14-15H,5-6H2,1H3,(H,13,16). The van der Waals surface area contributed by atoms with Crippen LogP contribution in [0.5, 0.6) is 5.75 Å². The lowest BCUT2D eigenvalue weighted by atomic mass is 10.1. The van der Waals surface area contributed by atoms with Gasteiger partial charge in [0.25, 0.3) is 5.91 Å². The SMILES string of the molecule is COc1cc(Cl)ccc1C(=O)NC(CO)CO. The average Bonchev–Trinajstić information content (AvgIpc) is 2.35. The minimum Gasteiger partial charge on any atom is -0.496 e. The van der Waals surface area contributed by atoms with Crippen LogP contribution in [0.15, 0.2) is 18.2 Å². The molecule has 0 unspecified atom stereocenters. The number of methoxy groups -OCH3 is 1. The van der Waals surface area contributed by atoms with Gasteiger partial charge in [0.2, 0.25) is 0 Å². The maximum absolute atomic E-state index is 11.8. The highest BCUT2D eigenvalue weighted by atomic mass is 35.5. The molecule has 0 saturated carbocycles. The third-order valence-corrected chi connectivity index (χ3v) is 2.42. The van der Waals surface area contributed by atoms with Gasteiger partial charge in [-0.3, -0.25) is 4.79 Å². The molecule has 3 N–H and O–H groups in total. The fourth-order valence-corrected chi connectivity index (χ4v) is 1.43. The van der Waals surface area contributed by atoms with Gasteiger partial charge in [-0.15, -0.1) is 0 Å². The van der Waals surface area contributed by atoms with Crippen molar-refractivity contribution in [2.24, 2.45) is 0 Å². The first-order valence-corrected chi connectivity index (χ1v) is 5.36. The lowest BCUT2D eigenvalue weighted by molar-refractivity contribution is 0.0876. The number of hydrogen-bond donors (Lipinski definition) is 3. The maximum Gasteiger partial charge on any atom is 0.255 e. The molecule has 0 aliphatic heterocycles. The second-order valence-corrected chi connectivity index (χ2v) is 3.82. The second-order valence-electron chi connectivity index (χ2n) is 3.38. The van der Waals surface area contributed by atoms with Crippen LogP contribution in [-0.4, -0.2) is 42.5 Å². The van der Waals surface area contributed by atoms with E-state index >= 15 is 0 Å². The molecule has 17 heavy (non-hydrogen) atoms. The van der Waals surface area contributed by atoms with E-state index in [1.165, 1.54) is 19.2 Å². The first kappa shape index (κ1) is 13.8. The molecule has 0 radical (unpaired) electrons. The van der Waals surface area contributed by atoms with Gasteiger partial charge in [-0.1, -0.05) is 11.6 Å². The Balaban J connectivity index is 2.88. The normalized spacial score (nSPS) is 10.4. The van der Waals surface area contributed by atoms with Crippen LogP contribution in [0.2, 0.25) is 5.02 Å². The molecule has 1 aromatic carbocycles. The van der Waals surface area contributed by atoms with Gasteiger partial charge in [-0.05, 0) is 18.2 Å². The lowest BCUT2D eigenvalue weighted by Crippen LogP contribution is -2.40. The van der Waals surface area contributed by atoms with Gasteiger partial charge in [0.05, 0.1) is 31.9 Å². The molecule has 1 amide bonds. The van der Waals surface area contributed by atoms with Gasteiger partial charge in [0.1, 0.15) is 5.75 Å². The highest BCUT2D eigenvalue weighted by molar-refractivity contribution is 6.30. The number of aliphatic hydroxyl groups is 2. The monoisotopic (exact) mass is 259 g/mol. The molecular weight excluding hydrogens is 246 g/mol. The molecular formula is C11H14ClNO4. The number of ether oxygens (including phenoxy) is 1. The molecule has 0 bridgehead atoms. The van der Waals surface area contributed by atoms with Crippen molar-refractivity contribution in [3.05, 3.63) is 28.8 Å². The van der Waals surface area contributed by atoms with E-state index in [0.29, 0.717) is 16.3 Å². The first-order valence-electron chi connectivity index (χ1n) is 4.98. The van der Waals surface area contributed by atoms with Crippen molar-refractivity contribution in [1.82, 2.24) is 5.32 Å². The molecule has 0 heterocycles. The number of hydrogen-bond acceptors (Lipinski definition) is 4. The van der Waals surface area contributed by atoms with E-state index < -0.39 is 11.9 Å². The van der Waals surface area contributed by atoms with Crippen molar-refractivity contribution in [3.8, 4) is 5.75 Å². The quantitative estimate of drug-likeness (QED) is 0.717. The summed E-state index contributed by atoms with van der Waals surface area (Å²) in [6.07, 6.45) is 0. The number of nitrogens with one attached hydrogen (secondary N) is 1. The first-order chi connectivity index (χ1) is 8.12. The van der Waals surface area contributed by atoms with Crippen LogP contribution in [0.3, 0.4) is 0 Å². The van der Waals surface area contributed by atoms with Crippen molar-refractivity contribution in [2.75, 3.05) is 20.3 Å². The summed E-state index contributed by atoms with van der Waals surface area (Å²) in [5, 5.41) is 20.7. The van der Waals surface area contributed by atoms with Crippen LogP contribution in [0.1, 0.15) is 10.4 Å². The van der Waals surface area contributed by atoms with Crippen molar-refractivity contribution >= 4 is 17.5 Å². The van der Waals surface area contributed by atoms with Crippen molar-refractivity contribution in [3.63, 3.8) is 0 Å². The Bertz CT molecular complexity index is 393. The minimum absolute atomic E-state index is 0.295. The number of halogens is 1. The fraction of sp³-hybridized carbons (Fsp3) is 0.364. The van der Waals surface area contributed by atoms with E-state index in [1.807, 2.05) is 0 Å². The van der Waals surface area contributed by atoms with E-state index in [9.17, 15) is 4.79 Å². The minimum atomic E-state index is -0.692. The molecule has 0 aliphatic carbocycles. The molecule has 5 nitrogen and oxygen atoms in total. The second kappa shape index (κ2) is 6.44. The fourth-order valence-electron chi connectivity index (χ4n) is 1.26. The van der Waals surface area contributed by atoms with E-state index in [0.717, 1.165) is 0 Å². The molecule has 0 fully saturated rings. The smallest absolute Gasteiger partial charge is 0.255 e. The molecule has 0 atom stereocenters. The Morgan fingerprint density at radius 2 is 2.12 bits per heavy atom. The van der Waals surface area contributed by atoms with E-state index in [4.69, 9.17) is 26.6 Å². The molecule has 94 valence electrons. The third-order valence-electron chi connectivity index (χ3n) is 2.18. The van der Waals surface area contributed by atoms with Gasteiger partial charge >= 0.3 is 0 Å². The third kappa shape index (κ3) is 3.59. The zero-order valence-corrected chi connectivity index (χ0v) is 10.1. The highest BCUT2D eigenvalue weighted by Gasteiger charge is 2.16. The van der Waals surface area contributed by atoms with Crippen LogP contribution in [0.4, 0.5) is 0 Å². The highest BCUT2D eigenvalue weighted by Crippen LogP contribution is 2.22. The number of carbonyl (C=O) groups is 1. The molecule has 1 rings (SSSR count). The summed E-state index contributed by atoms with van der Waals surface area (Å²) in [5.74, 6) is -0.101. The molecule has 0 saturated heterocycles.